The third-order valence-corrected chi connectivity index (χ3v) is 3.54. The Kier molecular flexibility index (Phi) is 5.95. The molecule has 21 heavy (non-hydrogen) atoms. The number of anilines is 1. The Balaban J connectivity index is 1.83. The molecule has 0 bridgehead atoms. The number of carbonyl (C=O) groups is 1. The first-order chi connectivity index (χ1) is 10.2. The van der Waals surface area contributed by atoms with E-state index < -0.39 is 0 Å². The van der Waals surface area contributed by atoms with Crippen LogP contribution in [0.2, 0.25) is 0 Å². The smallest absolute Gasteiger partial charge is 0.227 e. The first-order valence-corrected chi connectivity index (χ1v) is 7.31. The Morgan fingerprint density at radius 3 is 3.00 bits per heavy atom. The molecule has 1 fully saturated rings. The van der Waals surface area contributed by atoms with Crippen LogP contribution in [-0.4, -0.2) is 43.8 Å². The van der Waals surface area contributed by atoms with Crippen molar-refractivity contribution in [3.8, 4) is 5.88 Å². The highest BCUT2D eigenvalue weighted by atomic mass is 16.5. The van der Waals surface area contributed by atoms with Crippen molar-refractivity contribution in [2.24, 2.45) is 5.92 Å². The summed E-state index contributed by atoms with van der Waals surface area (Å²) in [6, 6.07) is 3.94. The average molecular weight is 293 g/mol. The maximum absolute atomic E-state index is 12.2. The second kappa shape index (κ2) is 7.95. The number of nitrogens with zero attached hydrogens (tertiary/aromatic N) is 1. The lowest BCUT2D eigenvalue weighted by Gasteiger charge is -2.27. The zero-order valence-electron chi connectivity index (χ0n) is 12.6. The van der Waals surface area contributed by atoms with Crippen LogP contribution in [0.3, 0.4) is 0 Å². The first-order valence-electron chi connectivity index (χ1n) is 7.31. The van der Waals surface area contributed by atoms with E-state index in [0.717, 1.165) is 19.4 Å². The van der Waals surface area contributed by atoms with Gasteiger partial charge in [-0.1, -0.05) is 0 Å². The maximum atomic E-state index is 12.2. The van der Waals surface area contributed by atoms with Gasteiger partial charge in [0.2, 0.25) is 11.8 Å². The Morgan fingerprint density at radius 2 is 2.33 bits per heavy atom. The summed E-state index contributed by atoms with van der Waals surface area (Å²) in [5.74, 6) is 0.664. The van der Waals surface area contributed by atoms with Gasteiger partial charge >= 0.3 is 0 Å². The van der Waals surface area contributed by atoms with Crippen LogP contribution in [0, 0.1) is 5.92 Å². The van der Waals surface area contributed by atoms with Crippen LogP contribution < -0.4 is 15.4 Å². The standard InChI is InChI=1S/C15H23N3O3/c1-11-9-12(5-6-16-11)15(19)18-13-3-4-14(17-10-13)21-8-7-20-2/h3-4,10-12,16H,5-9H2,1-2H3,(H,18,19). The fraction of sp³-hybridized carbons (Fsp3) is 0.600. The number of aromatic nitrogens is 1. The summed E-state index contributed by atoms with van der Waals surface area (Å²) in [5.41, 5.74) is 0.699. The SMILES string of the molecule is COCCOc1ccc(NC(=O)C2CCNC(C)C2)cn1. The highest BCUT2D eigenvalue weighted by Crippen LogP contribution is 2.19. The summed E-state index contributed by atoms with van der Waals surface area (Å²) < 4.78 is 10.3. The molecule has 0 saturated carbocycles. The lowest BCUT2D eigenvalue weighted by Crippen LogP contribution is -2.40. The molecule has 2 unspecified atom stereocenters. The lowest BCUT2D eigenvalue weighted by molar-refractivity contribution is -0.120. The molecule has 0 spiro atoms. The number of amides is 1. The van der Waals surface area contributed by atoms with Crippen molar-refractivity contribution in [1.29, 1.82) is 0 Å². The van der Waals surface area contributed by atoms with Crippen LogP contribution in [0.15, 0.2) is 18.3 Å². The summed E-state index contributed by atoms with van der Waals surface area (Å²) in [5, 5.41) is 6.26. The quantitative estimate of drug-likeness (QED) is 0.776. The molecule has 6 heteroatoms. The van der Waals surface area contributed by atoms with Crippen molar-refractivity contribution < 1.29 is 14.3 Å². The van der Waals surface area contributed by atoms with E-state index in [9.17, 15) is 4.79 Å². The van der Waals surface area contributed by atoms with Gasteiger partial charge in [0.25, 0.3) is 0 Å². The minimum Gasteiger partial charge on any atom is -0.475 e. The number of hydrogen-bond acceptors (Lipinski definition) is 5. The molecule has 1 amide bonds. The molecule has 0 aliphatic carbocycles. The largest absolute Gasteiger partial charge is 0.475 e. The molecule has 116 valence electrons. The topological polar surface area (TPSA) is 72.5 Å². The molecule has 6 nitrogen and oxygen atoms in total. The second-order valence-corrected chi connectivity index (χ2v) is 5.29. The minimum absolute atomic E-state index is 0.0678. The zero-order valence-corrected chi connectivity index (χ0v) is 12.6. The molecule has 1 aromatic heterocycles. The van der Waals surface area contributed by atoms with Gasteiger partial charge in [-0.2, -0.15) is 0 Å². The number of hydrogen-bond donors (Lipinski definition) is 2. The van der Waals surface area contributed by atoms with Gasteiger partial charge < -0.3 is 20.1 Å². The summed E-state index contributed by atoms with van der Waals surface area (Å²) >= 11 is 0. The first kappa shape index (κ1) is 15.7. The van der Waals surface area contributed by atoms with E-state index in [4.69, 9.17) is 9.47 Å². The van der Waals surface area contributed by atoms with Crippen molar-refractivity contribution >= 4 is 11.6 Å². The summed E-state index contributed by atoms with van der Waals surface area (Å²) in [6.07, 6.45) is 3.36. The van der Waals surface area contributed by atoms with Crippen molar-refractivity contribution in [3.05, 3.63) is 18.3 Å². The molecule has 1 saturated heterocycles. The summed E-state index contributed by atoms with van der Waals surface area (Å²) in [4.78, 5) is 16.4. The number of ether oxygens (including phenoxy) is 2. The fourth-order valence-electron chi connectivity index (χ4n) is 2.38. The van der Waals surface area contributed by atoms with Gasteiger partial charge in [0.15, 0.2) is 0 Å². The van der Waals surface area contributed by atoms with E-state index in [2.05, 4.69) is 22.5 Å². The summed E-state index contributed by atoms with van der Waals surface area (Å²) in [7, 11) is 1.62. The third-order valence-electron chi connectivity index (χ3n) is 3.54. The van der Waals surface area contributed by atoms with Gasteiger partial charge in [-0.3, -0.25) is 4.79 Å². The average Bonchev–Trinajstić information content (AvgIpc) is 2.49. The molecule has 1 aromatic rings. The van der Waals surface area contributed by atoms with Crippen molar-refractivity contribution in [3.63, 3.8) is 0 Å². The molecular weight excluding hydrogens is 270 g/mol. The van der Waals surface area contributed by atoms with E-state index in [1.165, 1.54) is 0 Å². The van der Waals surface area contributed by atoms with Crippen LogP contribution in [0.25, 0.3) is 0 Å². The molecule has 2 atom stereocenters. The Hall–Kier alpha value is -1.66. The van der Waals surface area contributed by atoms with E-state index in [1.807, 2.05) is 0 Å². The number of piperidine rings is 1. The fourth-order valence-corrected chi connectivity index (χ4v) is 2.38. The van der Waals surface area contributed by atoms with Gasteiger partial charge in [0.1, 0.15) is 6.61 Å². The van der Waals surface area contributed by atoms with Crippen LogP contribution in [-0.2, 0) is 9.53 Å². The predicted octanol–water partition coefficient (Wildman–Crippen LogP) is 1.43. The van der Waals surface area contributed by atoms with E-state index in [0.29, 0.717) is 30.8 Å². The molecule has 2 N–H and O–H groups in total. The van der Waals surface area contributed by atoms with E-state index >= 15 is 0 Å². The highest BCUT2D eigenvalue weighted by Gasteiger charge is 2.24. The highest BCUT2D eigenvalue weighted by molar-refractivity contribution is 5.92. The van der Waals surface area contributed by atoms with Crippen molar-refractivity contribution in [2.75, 3.05) is 32.2 Å². The van der Waals surface area contributed by atoms with Gasteiger partial charge in [0.05, 0.1) is 18.5 Å². The monoisotopic (exact) mass is 293 g/mol. The predicted molar refractivity (Wildman–Crippen MR) is 80.4 cm³/mol. The molecule has 1 aliphatic heterocycles. The number of nitrogens with one attached hydrogen (secondary N) is 2. The Labute approximate surface area is 125 Å². The van der Waals surface area contributed by atoms with Gasteiger partial charge in [-0.15, -0.1) is 0 Å². The van der Waals surface area contributed by atoms with Gasteiger partial charge in [0, 0.05) is 25.1 Å². The molecule has 0 radical (unpaired) electrons. The van der Waals surface area contributed by atoms with Crippen LogP contribution in [0.5, 0.6) is 5.88 Å². The number of methoxy groups -OCH3 is 1. The lowest BCUT2D eigenvalue weighted by atomic mass is 9.92. The molecule has 2 rings (SSSR count). The second-order valence-electron chi connectivity index (χ2n) is 5.29. The third kappa shape index (κ3) is 4.99. The van der Waals surface area contributed by atoms with Gasteiger partial charge in [-0.05, 0) is 32.4 Å². The van der Waals surface area contributed by atoms with Crippen molar-refractivity contribution in [2.45, 2.75) is 25.8 Å². The van der Waals surface area contributed by atoms with E-state index in [1.54, 1.807) is 25.4 Å². The van der Waals surface area contributed by atoms with Crippen LogP contribution >= 0.6 is 0 Å². The maximum Gasteiger partial charge on any atom is 0.227 e. The number of pyridine rings is 1. The van der Waals surface area contributed by atoms with Crippen LogP contribution in [0.1, 0.15) is 19.8 Å². The normalized spacial score (nSPS) is 21.8. The van der Waals surface area contributed by atoms with Gasteiger partial charge in [-0.25, -0.2) is 4.98 Å². The summed E-state index contributed by atoms with van der Waals surface area (Å²) in [6.45, 7) is 3.98. The molecule has 2 heterocycles. The van der Waals surface area contributed by atoms with Crippen LogP contribution in [0.4, 0.5) is 5.69 Å². The number of carbonyl (C=O) groups excluding carboxylic acids is 1. The zero-order chi connectivity index (χ0) is 15.1. The molecule has 0 aromatic carbocycles. The Bertz CT molecular complexity index is 450. The molecular formula is C15H23N3O3. The van der Waals surface area contributed by atoms with Crippen molar-refractivity contribution in [1.82, 2.24) is 10.3 Å². The number of rotatable bonds is 6. The minimum atomic E-state index is 0.0678. The Morgan fingerprint density at radius 1 is 1.48 bits per heavy atom. The molecule has 1 aliphatic rings. The van der Waals surface area contributed by atoms with E-state index in [-0.39, 0.29) is 11.8 Å².